The highest BCUT2D eigenvalue weighted by atomic mass is 16.3. The van der Waals surface area contributed by atoms with Crippen molar-refractivity contribution >= 4 is 11.7 Å². The molecule has 1 fully saturated rings. The standard InChI is InChI=1S/C17H19N3O3/c1-12-15(13-5-2-3-6-14(13)21)20(17(23)16(12)22)9-4-8-19-10-7-18-11-19/h2-3,5-7,10-12,15,21H,4,8-9H2,1H3. The lowest BCUT2D eigenvalue weighted by molar-refractivity contribution is -0.141. The number of rotatable bonds is 5. The molecule has 1 aliphatic heterocycles. The summed E-state index contributed by atoms with van der Waals surface area (Å²) in [6.45, 7) is 2.93. The molecule has 2 unspecified atom stereocenters. The lowest BCUT2D eigenvalue weighted by Gasteiger charge is -2.27. The van der Waals surface area contributed by atoms with Gasteiger partial charge in [0.25, 0.3) is 5.91 Å². The van der Waals surface area contributed by atoms with Crippen LogP contribution >= 0.6 is 0 Å². The zero-order valence-corrected chi connectivity index (χ0v) is 12.9. The molecule has 0 saturated carbocycles. The van der Waals surface area contributed by atoms with Gasteiger partial charge < -0.3 is 14.6 Å². The number of phenolic OH excluding ortho intramolecular Hbond substituents is 1. The van der Waals surface area contributed by atoms with Gasteiger partial charge in [-0.15, -0.1) is 0 Å². The summed E-state index contributed by atoms with van der Waals surface area (Å²) in [4.78, 5) is 30.0. The van der Waals surface area contributed by atoms with E-state index < -0.39 is 17.9 Å². The summed E-state index contributed by atoms with van der Waals surface area (Å²) in [6.07, 6.45) is 6.00. The molecule has 1 aromatic carbocycles. The van der Waals surface area contributed by atoms with Gasteiger partial charge in [0.2, 0.25) is 5.78 Å². The number of carbonyl (C=O) groups excluding carboxylic acids is 2. The Kier molecular flexibility index (Phi) is 4.14. The third-order valence-corrected chi connectivity index (χ3v) is 4.32. The number of Topliss-reactive ketones (excluding diaryl/α,β-unsaturated/α-hetero) is 1. The molecule has 120 valence electrons. The number of benzene rings is 1. The largest absolute Gasteiger partial charge is 0.508 e. The Morgan fingerprint density at radius 1 is 1.22 bits per heavy atom. The van der Waals surface area contributed by atoms with E-state index in [1.807, 2.05) is 10.8 Å². The molecule has 1 saturated heterocycles. The van der Waals surface area contributed by atoms with Gasteiger partial charge in [-0.05, 0) is 12.5 Å². The van der Waals surface area contributed by atoms with Crippen LogP contribution in [-0.2, 0) is 16.1 Å². The van der Waals surface area contributed by atoms with Crippen LogP contribution in [-0.4, -0.2) is 37.8 Å². The summed E-state index contributed by atoms with van der Waals surface area (Å²) < 4.78 is 1.93. The van der Waals surface area contributed by atoms with Crippen molar-refractivity contribution in [1.82, 2.24) is 14.5 Å². The summed E-state index contributed by atoms with van der Waals surface area (Å²) in [7, 11) is 0. The Bertz CT molecular complexity index is 712. The summed E-state index contributed by atoms with van der Waals surface area (Å²) in [6, 6.07) is 6.48. The van der Waals surface area contributed by atoms with Gasteiger partial charge >= 0.3 is 0 Å². The van der Waals surface area contributed by atoms with Crippen LogP contribution in [0.2, 0.25) is 0 Å². The number of para-hydroxylation sites is 1. The van der Waals surface area contributed by atoms with E-state index in [0.29, 0.717) is 18.5 Å². The first-order chi connectivity index (χ1) is 11.1. The van der Waals surface area contributed by atoms with Gasteiger partial charge in [0.1, 0.15) is 5.75 Å². The van der Waals surface area contributed by atoms with E-state index in [9.17, 15) is 14.7 Å². The highest BCUT2D eigenvalue weighted by Crippen LogP contribution is 2.39. The minimum Gasteiger partial charge on any atom is -0.508 e. The Morgan fingerprint density at radius 3 is 2.70 bits per heavy atom. The first-order valence-corrected chi connectivity index (χ1v) is 7.68. The van der Waals surface area contributed by atoms with Gasteiger partial charge in [0, 0.05) is 37.0 Å². The van der Waals surface area contributed by atoms with Crippen LogP contribution in [0.1, 0.15) is 24.9 Å². The van der Waals surface area contributed by atoms with Gasteiger partial charge in [-0.25, -0.2) is 4.98 Å². The predicted molar refractivity (Wildman–Crippen MR) is 83.6 cm³/mol. The van der Waals surface area contributed by atoms with E-state index in [-0.39, 0.29) is 11.5 Å². The number of nitrogens with zero attached hydrogens (tertiary/aromatic N) is 3. The van der Waals surface area contributed by atoms with E-state index in [0.717, 1.165) is 6.54 Å². The number of ketones is 1. The number of likely N-dealkylation sites (tertiary alicyclic amines) is 1. The molecule has 1 amide bonds. The molecule has 23 heavy (non-hydrogen) atoms. The van der Waals surface area contributed by atoms with E-state index in [2.05, 4.69) is 4.98 Å². The first-order valence-electron chi connectivity index (χ1n) is 7.68. The summed E-state index contributed by atoms with van der Waals surface area (Å²) in [5, 5.41) is 10.1. The minimum atomic E-state index is -0.462. The van der Waals surface area contributed by atoms with Crippen molar-refractivity contribution in [1.29, 1.82) is 0 Å². The fourth-order valence-electron chi connectivity index (χ4n) is 3.13. The molecular weight excluding hydrogens is 294 g/mol. The average Bonchev–Trinajstić information content (AvgIpc) is 3.13. The molecule has 0 aliphatic carbocycles. The maximum atomic E-state index is 12.3. The molecule has 6 nitrogen and oxygen atoms in total. The van der Waals surface area contributed by atoms with Gasteiger partial charge in [0.15, 0.2) is 0 Å². The second kappa shape index (κ2) is 6.24. The zero-order chi connectivity index (χ0) is 16.4. The average molecular weight is 313 g/mol. The molecule has 1 N–H and O–H groups in total. The van der Waals surface area contributed by atoms with Gasteiger partial charge in [-0.2, -0.15) is 0 Å². The van der Waals surface area contributed by atoms with Gasteiger partial charge in [-0.1, -0.05) is 25.1 Å². The molecule has 2 aromatic rings. The number of phenols is 1. The van der Waals surface area contributed by atoms with Crippen molar-refractivity contribution in [2.24, 2.45) is 5.92 Å². The molecule has 0 bridgehead atoms. The smallest absolute Gasteiger partial charge is 0.290 e. The first kappa shape index (κ1) is 15.3. The fraction of sp³-hybridized carbons (Fsp3) is 0.353. The maximum Gasteiger partial charge on any atom is 0.290 e. The van der Waals surface area contributed by atoms with Crippen molar-refractivity contribution in [3.05, 3.63) is 48.5 Å². The quantitative estimate of drug-likeness (QED) is 0.854. The predicted octanol–water partition coefficient (Wildman–Crippen LogP) is 1.77. The van der Waals surface area contributed by atoms with Crippen LogP contribution in [0.25, 0.3) is 0 Å². The van der Waals surface area contributed by atoms with E-state index in [1.54, 1.807) is 48.6 Å². The van der Waals surface area contributed by atoms with E-state index in [4.69, 9.17) is 0 Å². The Hall–Kier alpha value is -2.63. The zero-order valence-electron chi connectivity index (χ0n) is 12.9. The number of aromatic hydroxyl groups is 1. The van der Waals surface area contributed by atoms with Crippen molar-refractivity contribution in [2.75, 3.05) is 6.54 Å². The number of hydrogen-bond acceptors (Lipinski definition) is 4. The van der Waals surface area contributed by atoms with Crippen LogP contribution in [0.15, 0.2) is 43.0 Å². The Morgan fingerprint density at radius 2 is 2.00 bits per heavy atom. The summed E-state index contributed by atoms with van der Waals surface area (Å²) in [5.41, 5.74) is 0.627. The monoisotopic (exact) mass is 313 g/mol. The van der Waals surface area contributed by atoms with E-state index in [1.165, 1.54) is 0 Å². The number of imidazole rings is 1. The molecule has 2 heterocycles. The highest BCUT2D eigenvalue weighted by Gasteiger charge is 2.45. The Balaban J connectivity index is 1.79. The van der Waals surface area contributed by atoms with E-state index >= 15 is 0 Å². The fourth-order valence-corrected chi connectivity index (χ4v) is 3.13. The van der Waals surface area contributed by atoms with Crippen molar-refractivity contribution in [3.8, 4) is 5.75 Å². The molecule has 0 spiro atoms. The topological polar surface area (TPSA) is 75.4 Å². The van der Waals surface area contributed by atoms with Crippen LogP contribution in [0, 0.1) is 5.92 Å². The third kappa shape index (κ3) is 2.84. The molecule has 2 atom stereocenters. The summed E-state index contributed by atoms with van der Waals surface area (Å²) >= 11 is 0. The third-order valence-electron chi connectivity index (χ3n) is 4.32. The number of amides is 1. The second-order valence-electron chi connectivity index (χ2n) is 5.81. The van der Waals surface area contributed by atoms with Crippen molar-refractivity contribution < 1.29 is 14.7 Å². The number of carbonyl (C=O) groups is 2. The number of aryl methyl sites for hydroxylation is 1. The van der Waals surface area contributed by atoms with Gasteiger partial charge in [0.05, 0.1) is 12.4 Å². The SMILES string of the molecule is CC1C(=O)C(=O)N(CCCn2ccnc2)C1c1ccccc1O. The number of hydrogen-bond donors (Lipinski definition) is 1. The molecular formula is C17H19N3O3. The highest BCUT2D eigenvalue weighted by molar-refractivity contribution is 6.39. The van der Waals surface area contributed by atoms with Crippen LogP contribution in [0.4, 0.5) is 0 Å². The van der Waals surface area contributed by atoms with Crippen molar-refractivity contribution in [2.45, 2.75) is 25.9 Å². The van der Waals surface area contributed by atoms with Crippen LogP contribution < -0.4 is 0 Å². The molecule has 0 radical (unpaired) electrons. The molecule has 1 aromatic heterocycles. The maximum absolute atomic E-state index is 12.3. The molecule has 1 aliphatic rings. The minimum absolute atomic E-state index is 0.117. The molecule has 3 rings (SSSR count). The number of aromatic nitrogens is 2. The second-order valence-corrected chi connectivity index (χ2v) is 5.81. The van der Waals surface area contributed by atoms with Crippen LogP contribution in [0.5, 0.6) is 5.75 Å². The van der Waals surface area contributed by atoms with Gasteiger partial charge in [-0.3, -0.25) is 9.59 Å². The molecule has 6 heteroatoms. The van der Waals surface area contributed by atoms with Crippen LogP contribution in [0.3, 0.4) is 0 Å². The summed E-state index contributed by atoms with van der Waals surface area (Å²) in [5.74, 6) is -1.19. The lowest BCUT2D eigenvalue weighted by atomic mass is 9.94. The normalized spacial score (nSPS) is 21.2. The lowest BCUT2D eigenvalue weighted by Crippen LogP contribution is -2.31. The Labute approximate surface area is 134 Å². The van der Waals surface area contributed by atoms with Crippen molar-refractivity contribution in [3.63, 3.8) is 0 Å².